The van der Waals surface area contributed by atoms with Crippen molar-refractivity contribution in [2.75, 3.05) is 13.6 Å². The van der Waals surface area contributed by atoms with Gasteiger partial charge in [0, 0.05) is 16.3 Å². The molecule has 0 aliphatic carbocycles. The standard InChI is InChI=1S/C15H24BNO2S/c1-11-7-8-13(20-11)9-12(10-17-6)16-18-14(2,3)15(4,5)19-16/h7-9,17H,10H2,1-6H3. The molecule has 0 spiro atoms. The average molecular weight is 293 g/mol. The van der Waals surface area contributed by atoms with Gasteiger partial charge >= 0.3 is 7.12 Å². The first-order chi connectivity index (χ1) is 9.25. The number of hydrogen-bond acceptors (Lipinski definition) is 4. The predicted octanol–water partition coefficient (Wildman–Crippen LogP) is 3.29. The fraction of sp³-hybridized carbons (Fsp3) is 0.600. The molecule has 1 fully saturated rings. The number of likely N-dealkylation sites (N-methyl/N-ethyl adjacent to an activating group) is 1. The molecule has 1 saturated heterocycles. The Bertz CT molecular complexity index is 492. The van der Waals surface area contributed by atoms with E-state index in [1.165, 1.54) is 9.75 Å². The van der Waals surface area contributed by atoms with Gasteiger partial charge < -0.3 is 14.6 Å². The third-order valence-electron chi connectivity index (χ3n) is 4.03. The summed E-state index contributed by atoms with van der Waals surface area (Å²) in [4.78, 5) is 2.55. The van der Waals surface area contributed by atoms with Crippen LogP contribution in [0.1, 0.15) is 37.4 Å². The first-order valence-electron chi connectivity index (χ1n) is 7.02. The lowest BCUT2D eigenvalue weighted by Gasteiger charge is -2.32. The smallest absolute Gasteiger partial charge is 0.400 e. The van der Waals surface area contributed by atoms with E-state index in [0.717, 1.165) is 12.0 Å². The highest BCUT2D eigenvalue weighted by Crippen LogP contribution is 2.38. The van der Waals surface area contributed by atoms with Gasteiger partial charge in [-0.3, -0.25) is 0 Å². The molecular weight excluding hydrogens is 269 g/mol. The molecule has 3 nitrogen and oxygen atoms in total. The topological polar surface area (TPSA) is 30.5 Å². The van der Waals surface area contributed by atoms with Gasteiger partial charge in [-0.05, 0) is 65.3 Å². The highest BCUT2D eigenvalue weighted by Gasteiger charge is 2.52. The quantitative estimate of drug-likeness (QED) is 0.864. The van der Waals surface area contributed by atoms with Crippen molar-refractivity contribution in [2.24, 2.45) is 0 Å². The maximum absolute atomic E-state index is 6.13. The van der Waals surface area contributed by atoms with Crippen LogP contribution in [0.4, 0.5) is 0 Å². The molecule has 0 bridgehead atoms. The predicted molar refractivity (Wildman–Crippen MR) is 87.0 cm³/mol. The maximum Gasteiger partial charge on any atom is 0.491 e. The lowest BCUT2D eigenvalue weighted by atomic mass is 9.77. The van der Waals surface area contributed by atoms with Crippen LogP contribution in [0.15, 0.2) is 17.6 Å². The van der Waals surface area contributed by atoms with Gasteiger partial charge in [-0.25, -0.2) is 0 Å². The van der Waals surface area contributed by atoms with Crippen molar-refractivity contribution in [3.8, 4) is 0 Å². The summed E-state index contributed by atoms with van der Waals surface area (Å²) < 4.78 is 12.3. The average Bonchev–Trinajstić information content (AvgIpc) is 2.81. The third-order valence-corrected chi connectivity index (χ3v) is 4.97. The molecule has 0 unspecified atom stereocenters. The lowest BCUT2D eigenvalue weighted by molar-refractivity contribution is 0.00578. The minimum Gasteiger partial charge on any atom is -0.400 e. The normalized spacial score (nSPS) is 21.5. The Kier molecular flexibility index (Phi) is 4.45. The van der Waals surface area contributed by atoms with Gasteiger partial charge in [0.1, 0.15) is 0 Å². The molecule has 20 heavy (non-hydrogen) atoms. The van der Waals surface area contributed by atoms with Gasteiger partial charge in [0.05, 0.1) is 11.2 Å². The van der Waals surface area contributed by atoms with E-state index in [2.05, 4.69) is 58.1 Å². The van der Waals surface area contributed by atoms with E-state index < -0.39 is 0 Å². The minimum atomic E-state index is -0.296. The van der Waals surface area contributed by atoms with Crippen molar-refractivity contribution in [1.29, 1.82) is 0 Å². The van der Waals surface area contributed by atoms with Crippen LogP contribution in [0.3, 0.4) is 0 Å². The molecule has 1 aromatic rings. The molecule has 1 aromatic heterocycles. The van der Waals surface area contributed by atoms with Crippen LogP contribution >= 0.6 is 11.3 Å². The van der Waals surface area contributed by atoms with Gasteiger partial charge in [0.2, 0.25) is 0 Å². The fourth-order valence-corrected chi connectivity index (χ4v) is 2.97. The van der Waals surface area contributed by atoms with Crippen LogP contribution in [0.2, 0.25) is 0 Å². The van der Waals surface area contributed by atoms with E-state index in [1.54, 1.807) is 11.3 Å². The molecule has 0 aromatic carbocycles. The zero-order valence-electron chi connectivity index (χ0n) is 13.2. The minimum absolute atomic E-state index is 0.283. The molecule has 2 rings (SSSR count). The van der Waals surface area contributed by atoms with Crippen molar-refractivity contribution in [3.05, 3.63) is 27.4 Å². The SMILES string of the molecule is CNCC(=Cc1ccc(C)s1)B1OC(C)(C)C(C)(C)O1. The Labute approximate surface area is 126 Å². The summed E-state index contributed by atoms with van der Waals surface area (Å²) in [6.07, 6.45) is 2.18. The molecule has 1 aliphatic heterocycles. The van der Waals surface area contributed by atoms with Crippen molar-refractivity contribution in [1.82, 2.24) is 5.32 Å². The summed E-state index contributed by atoms with van der Waals surface area (Å²) >= 11 is 1.79. The number of hydrogen-bond donors (Lipinski definition) is 1. The molecule has 0 radical (unpaired) electrons. The zero-order chi connectivity index (χ0) is 15.0. The van der Waals surface area contributed by atoms with Gasteiger partial charge in [-0.2, -0.15) is 0 Å². The van der Waals surface area contributed by atoms with Crippen molar-refractivity contribution < 1.29 is 9.31 Å². The molecular formula is C15H24BNO2S. The monoisotopic (exact) mass is 293 g/mol. The van der Waals surface area contributed by atoms with E-state index in [9.17, 15) is 0 Å². The summed E-state index contributed by atoms with van der Waals surface area (Å²) in [7, 11) is 1.66. The number of rotatable bonds is 4. The summed E-state index contributed by atoms with van der Waals surface area (Å²) in [5.74, 6) is 0. The van der Waals surface area contributed by atoms with E-state index in [-0.39, 0.29) is 18.3 Å². The second-order valence-corrected chi connectivity index (χ2v) is 7.61. The van der Waals surface area contributed by atoms with E-state index in [1.807, 2.05) is 7.05 Å². The molecule has 2 heterocycles. The Morgan fingerprint density at radius 2 is 1.85 bits per heavy atom. The Morgan fingerprint density at radius 1 is 1.25 bits per heavy atom. The first-order valence-corrected chi connectivity index (χ1v) is 7.84. The van der Waals surface area contributed by atoms with Crippen molar-refractivity contribution in [3.63, 3.8) is 0 Å². The lowest BCUT2D eigenvalue weighted by Crippen LogP contribution is -2.41. The molecule has 5 heteroatoms. The van der Waals surface area contributed by atoms with Gasteiger partial charge in [-0.15, -0.1) is 11.3 Å². The second-order valence-electron chi connectivity index (χ2n) is 6.29. The Hall–Kier alpha value is -0.615. The van der Waals surface area contributed by atoms with Crippen LogP contribution in [0.25, 0.3) is 6.08 Å². The maximum atomic E-state index is 6.13. The van der Waals surface area contributed by atoms with Gasteiger partial charge in [0.25, 0.3) is 0 Å². The van der Waals surface area contributed by atoms with Gasteiger partial charge in [-0.1, -0.05) is 0 Å². The molecule has 0 atom stereocenters. The number of nitrogens with one attached hydrogen (secondary N) is 1. The first kappa shape index (κ1) is 15.8. The van der Waals surface area contributed by atoms with E-state index >= 15 is 0 Å². The molecule has 1 N–H and O–H groups in total. The second kappa shape index (κ2) is 5.64. The Balaban J connectivity index is 2.24. The molecule has 0 saturated carbocycles. The largest absolute Gasteiger partial charge is 0.491 e. The van der Waals surface area contributed by atoms with Crippen LogP contribution in [-0.2, 0) is 9.31 Å². The number of aryl methyl sites for hydroxylation is 1. The van der Waals surface area contributed by atoms with Crippen molar-refractivity contribution >= 4 is 24.5 Å². The van der Waals surface area contributed by atoms with Crippen LogP contribution < -0.4 is 5.32 Å². The van der Waals surface area contributed by atoms with Crippen LogP contribution in [0, 0.1) is 6.92 Å². The fourth-order valence-electron chi connectivity index (χ4n) is 2.11. The highest BCUT2D eigenvalue weighted by molar-refractivity contribution is 7.12. The summed E-state index contributed by atoms with van der Waals surface area (Å²) in [5.41, 5.74) is 0.541. The summed E-state index contributed by atoms with van der Waals surface area (Å²) in [6, 6.07) is 4.28. The van der Waals surface area contributed by atoms with Crippen LogP contribution in [0.5, 0.6) is 0 Å². The zero-order valence-corrected chi connectivity index (χ0v) is 14.1. The van der Waals surface area contributed by atoms with E-state index in [4.69, 9.17) is 9.31 Å². The van der Waals surface area contributed by atoms with Gasteiger partial charge in [0.15, 0.2) is 0 Å². The van der Waals surface area contributed by atoms with Crippen molar-refractivity contribution in [2.45, 2.75) is 45.8 Å². The molecule has 110 valence electrons. The molecule has 0 amide bonds. The van der Waals surface area contributed by atoms with E-state index in [0.29, 0.717) is 0 Å². The highest BCUT2D eigenvalue weighted by atomic mass is 32.1. The summed E-state index contributed by atoms with van der Waals surface area (Å²) in [6.45, 7) is 11.2. The molecule has 1 aliphatic rings. The summed E-state index contributed by atoms with van der Waals surface area (Å²) in [5, 5.41) is 3.20. The Morgan fingerprint density at radius 3 is 2.30 bits per heavy atom. The number of thiophene rings is 1. The third kappa shape index (κ3) is 3.17. The van der Waals surface area contributed by atoms with Crippen LogP contribution in [-0.4, -0.2) is 31.9 Å².